The van der Waals surface area contributed by atoms with E-state index < -0.39 is 27.5 Å². The summed E-state index contributed by atoms with van der Waals surface area (Å²) in [5.41, 5.74) is 0. The van der Waals surface area contributed by atoms with Crippen molar-refractivity contribution in [3.05, 3.63) is 30.3 Å². The molecule has 6 heteroatoms. The molecule has 22 heavy (non-hydrogen) atoms. The Kier molecular flexibility index (Phi) is 7.32. The SMILES string of the molecule is CC[C@H](C)[C@H](NS(=O)(=O)c1ccccc1)[C@H](O)C(Cl)C(C)C. The van der Waals surface area contributed by atoms with Crippen molar-refractivity contribution < 1.29 is 13.5 Å². The van der Waals surface area contributed by atoms with Gasteiger partial charge in [-0.2, -0.15) is 0 Å². The minimum atomic E-state index is -3.69. The van der Waals surface area contributed by atoms with E-state index in [1.165, 1.54) is 12.1 Å². The van der Waals surface area contributed by atoms with Crippen LogP contribution >= 0.6 is 11.6 Å². The van der Waals surface area contributed by atoms with Gasteiger partial charge in [0.1, 0.15) is 0 Å². The van der Waals surface area contributed by atoms with Gasteiger partial charge in [-0.15, -0.1) is 11.6 Å². The van der Waals surface area contributed by atoms with Crippen molar-refractivity contribution in [1.29, 1.82) is 0 Å². The van der Waals surface area contributed by atoms with E-state index in [0.29, 0.717) is 0 Å². The van der Waals surface area contributed by atoms with E-state index in [9.17, 15) is 13.5 Å². The van der Waals surface area contributed by atoms with Crippen LogP contribution < -0.4 is 4.72 Å². The second-order valence-corrected chi connectivity index (χ2v) is 8.24. The third kappa shape index (κ3) is 4.95. The van der Waals surface area contributed by atoms with E-state index in [1.807, 2.05) is 27.7 Å². The molecule has 0 aromatic heterocycles. The van der Waals surface area contributed by atoms with Crippen LogP contribution in [0.4, 0.5) is 0 Å². The molecule has 1 aromatic carbocycles. The van der Waals surface area contributed by atoms with Crippen LogP contribution in [0.25, 0.3) is 0 Å². The molecule has 1 aromatic rings. The van der Waals surface area contributed by atoms with Crippen molar-refractivity contribution in [2.75, 3.05) is 0 Å². The minimum absolute atomic E-state index is 0.0338. The Morgan fingerprint density at radius 3 is 2.18 bits per heavy atom. The Bertz CT molecular complexity index is 548. The van der Waals surface area contributed by atoms with E-state index in [4.69, 9.17) is 11.6 Å². The lowest BCUT2D eigenvalue weighted by molar-refractivity contribution is 0.0949. The predicted octanol–water partition coefficient (Wildman–Crippen LogP) is 3.00. The first kappa shape index (κ1) is 19.4. The van der Waals surface area contributed by atoms with E-state index in [2.05, 4.69) is 4.72 Å². The lowest BCUT2D eigenvalue weighted by atomic mass is 9.90. The number of sulfonamides is 1. The maximum atomic E-state index is 12.5. The Morgan fingerprint density at radius 2 is 1.73 bits per heavy atom. The number of rotatable bonds is 8. The molecular weight excluding hydrogens is 322 g/mol. The summed E-state index contributed by atoms with van der Waals surface area (Å²) in [6.07, 6.45) is -0.212. The van der Waals surface area contributed by atoms with Gasteiger partial charge in [-0.3, -0.25) is 0 Å². The number of hydrogen-bond donors (Lipinski definition) is 2. The summed E-state index contributed by atoms with van der Waals surface area (Å²) in [4.78, 5) is 0.186. The van der Waals surface area contributed by atoms with Gasteiger partial charge in [-0.1, -0.05) is 52.3 Å². The van der Waals surface area contributed by atoms with Gasteiger partial charge in [0, 0.05) is 0 Å². The summed E-state index contributed by atoms with van der Waals surface area (Å²) in [6.45, 7) is 7.67. The predicted molar refractivity (Wildman–Crippen MR) is 90.5 cm³/mol. The standard InChI is InChI=1S/C16H26ClNO3S/c1-5-12(4)15(16(19)14(17)11(2)3)18-22(20,21)13-9-7-6-8-10-13/h6-12,14-16,18-19H,5H2,1-4H3/t12-,14?,15-,16+/m0/s1. The van der Waals surface area contributed by atoms with Gasteiger partial charge < -0.3 is 5.11 Å². The molecule has 0 saturated heterocycles. The second kappa shape index (κ2) is 8.29. The molecule has 4 atom stereocenters. The Hall–Kier alpha value is -0.620. The van der Waals surface area contributed by atoms with Crippen LogP contribution in [0.1, 0.15) is 34.1 Å². The summed E-state index contributed by atoms with van der Waals surface area (Å²) < 4.78 is 27.6. The van der Waals surface area contributed by atoms with Crippen molar-refractivity contribution in [3.8, 4) is 0 Å². The number of alkyl halides is 1. The van der Waals surface area contributed by atoms with E-state index in [0.717, 1.165) is 6.42 Å². The fraction of sp³-hybridized carbons (Fsp3) is 0.625. The number of aliphatic hydroxyl groups excluding tert-OH is 1. The van der Waals surface area contributed by atoms with Crippen LogP contribution in [0.15, 0.2) is 35.2 Å². The van der Waals surface area contributed by atoms with Gasteiger partial charge >= 0.3 is 0 Å². The highest BCUT2D eigenvalue weighted by atomic mass is 35.5. The Balaban J connectivity index is 3.04. The molecule has 0 aliphatic heterocycles. The largest absolute Gasteiger partial charge is 0.390 e. The molecular formula is C16H26ClNO3S. The van der Waals surface area contributed by atoms with Crippen LogP contribution in [0.2, 0.25) is 0 Å². The highest BCUT2D eigenvalue weighted by molar-refractivity contribution is 7.89. The normalized spacial score (nSPS) is 18.0. The minimum Gasteiger partial charge on any atom is -0.390 e. The molecule has 1 unspecified atom stereocenters. The first-order valence-electron chi connectivity index (χ1n) is 7.60. The van der Waals surface area contributed by atoms with Crippen LogP contribution in [0.5, 0.6) is 0 Å². The van der Waals surface area contributed by atoms with E-state index in [-0.39, 0.29) is 16.7 Å². The van der Waals surface area contributed by atoms with Gasteiger partial charge in [0.2, 0.25) is 10.0 Å². The molecule has 0 heterocycles. The first-order chi connectivity index (χ1) is 10.2. The molecule has 2 N–H and O–H groups in total. The zero-order valence-corrected chi connectivity index (χ0v) is 15.1. The fourth-order valence-corrected chi connectivity index (χ4v) is 3.75. The fourth-order valence-electron chi connectivity index (χ4n) is 2.22. The lowest BCUT2D eigenvalue weighted by Crippen LogP contribution is -2.51. The number of nitrogens with one attached hydrogen (secondary N) is 1. The number of halogens is 1. The van der Waals surface area contributed by atoms with Crippen LogP contribution in [0, 0.1) is 11.8 Å². The number of hydrogen-bond acceptors (Lipinski definition) is 3. The maximum Gasteiger partial charge on any atom is 0.240 e. The molecule has 0 radical (unpaired) electrons. The van der Waals surface area contributed by atoms with Gasteiger partial charge in [0.05, 0.1) is 22.4 Å². The van der Waals surface area contributed by atoms with Gasteiger partial charge in [-0.05, 0) is 24.0 Å². The van der Waals surface area contributed by atoms with Crippen molar-refractivity contribution in [1.82, 2.24) is 4.72 Å². The summed E-state index contributed by atoms with van der Waals surface area (Å²) >= 11 is 6.25. The highest BCUT2D eigenvalue weighted by Gasteiger charge is 2.34. The molecule has 0 aliphatic carbocycles. The highest BCUT2D eigenvalue weighted by Crippen LogP contribution is 2.23. The number of aliphatic hydroxyl groups is 1. The quantitative estimate of drug-likeness (QED) is 0.710. The molecule has 0 fully saturated rings. The third-order valence-corrected chi connectivity index (χ3v) is 6.17. The topological polar surface area (TPSA) is 66.4 Å². The zero-order valence-electron chi connectivity index (χ0n) is 13.5. The smallest absolute Gasteiger partial charge is 0.240 e. The van der Waals surface area contributed by atoms with Crippen molar-refractivity contribution in [3.63, 3.8) is 0 Å². The molecule has 0 saturated carbocycles. The summed E-state index contributed by atoms with van der Waals surface area (Å²) in [7, 11) is -3.69. The first-order valence-corrected chi connectivity index (χ1v) is 9.52. The van der Waals surface area contributed by atoms with E-state index in [1.54, 1.807) is 18.2 Å². The van der Waals surface area contributed by atoms with Crippen molar-refractivity contribution in [2.24, 2.45) is 11.8 Å². The van der Waals surface area contributed by atoms with Crippen LogP contribution in [-0.2, 0) is 10.0 Å². The van der Waals surface area contributed by atoms with Crippen molar-refractivity contribution >= 4 is 21.6 Å². The maximum absolute atomic E-state index is 12.5. The molecule has 0 bridgehead atoms. The lowest BCUT2D eigenvalue weighted by Gasteiger charge is -2.32. The monoisotopic (exact) mass is 347 g/mol. The zero-order chi connectivity index (χ0) is 16.9. The Labute approximate surface area is 138 Å². The molecule has 1 rings (SSSR count). The summed E-state index contributed by atoms with van der Waals surface area (Å²) in [5, 5.41) is 9.98. The Morgan fingerprint density at radius 1 is 1.18 bits per heavy atom. The molecule has 0 amide bonds. The van der Waals surface area contributed by atoms with E-state index >= 15 is 0 Å². The summed E-state index contributed by atoms with van der Waals surface area (Å²) in [6, 6.07) is 7.53. The van der Waals surface area contributed by atoms with Gasteiger partial charge in [0.15, 0.2) is 0 Å². The van der Waals surface area contributed by atoms with Gasteiger partial charge in [-0.25, -0.2) is 13.1 Å². The third-order valence-electron chi connectivity index (χ3n) is 3.93. The number of benzene rings is 1. The molecule has 0 aliphatic rings. The molecule has 126 valence electrons. The van der Waals surface area contributed by atoms with Crippen LogP contribution in [-0.4, -0.2) is 31.0 Å². The molecule has 4 nitrogen and oxygen atoms in total. The molecule has 0 spiro atoms. The van der Waals surface area contributed by atoms with Crippen LogP contribution in [0.3, 0.4) is 0 Å². The average molecular weight is 348 g/mol. The average Bonchev–Trinajstić information content (AvgIpc) is 2.51. The summed E-state index contributed by atoms with van der Waals surface area (Å²) in [5.74, 6) is 0.0120. The second-order valence-electron chi connectivity index (χ2n) is 6.02. The van der Waals surface area contributed by atoms with Gasteiger partial charge in [0.25, 0.3) is 0 Å². The van der Waals surface area contributed by atoms with Crippen molar-refractivity contribution in [2.45, 2.75) is 56.5 Å².